The molecule has 0 saturated carbocycles. The zero-order valence-electron chi connectivity index (χ0n) is 23.6. The molecular weight excluding hydrogens is 544 g/mol. The van der Waals surface area contributed by atoms with Crippen molar-refractivity contribution in [1.82, 2.24) is 25.2 Å². The van der Waals surface area contributed by atoms with E-state index in [1.807, 2.05) is 24.4 Å². The number of pyridine rings is 1. The van der Waals surface area contributed by atoms with Crippen LogP contribution in [0.15, 0.2) is 57.5 Å². The smallest absolute Gasteiger partial charge is 0.330 e. The number of aromatic amines is 1. The molecule has 0 radical (unpaired) electrons. The van der Waals surface area contributed by atoms with Crippen molar-refractivity contribution >= 4 is 17.5 Å². The van der Waals surface area contributed by atoms with Gasteiger partial charge in [-0.3, -0.25) is 33.9 Å². The molecule has 2 amide bonds. The number of rotatable bonds is 13. The zero-order chi connectivity index (χ0) is 30.1. The lowest BCUT2D eigenvalue weighted by molar-refractivity contribution is -0.123. The van der Waals surface area contributed by atoms with E-state index in [9.17, 15) is 29.4 Å². The predicted molar refractivity (Wildman–Crippen MR) is 154 cm³/mol. The standard InChI is InChI=1S/C29H38N6O7/c1-29(10-12-31-21(16-29)20-5-2-3-11-30-20)9-4-6-24(38)32-13-14-33-25(39)8-7-19-17-35(28(41)34-27(19)40)26-15-22(37)23(18-36)42-26/h2-3,5,10-12,17,22-23,26,36-37H,4,6-9,13-16,18H2,1H3,(H,32,38)(H,33,39)(H,34,40,41)/t22-,23+,26+,29?/m0/s1. The predicted octanol–water partition coefficient (Wildman–Crippen LogP) is 0.321. The molecule has 4 atom stereocenters. The van der Waals surface area contributed by atoms with Gasteiger partial charge in [0.1, 0.15) is 12.3 Å². The van der Waals surface area contributed by atoms with Crippen molar-refractivity contribution in [2.75, 3.05) is 19.7 Å². The second kappa shape index (κ2) is 14.3. The van der Waals surface area contributed by atoms with E-state index in [0.717, 1.165) is 28.8 Å². The van der Waals surface area contributed by atoms with Crippen molar-refractivity contribution in [1.29, 1.82) is 0 Å². The second-order valence-electron chi connectivity index (χ2n) is 10.9. The number of H-pyrrole nitrogens is 1. The van der Waals surface area contributed by atoms with Gasteiger partial charge in [0, 0.05) is 62.9 Å². The first kappa shape index (κ1) is 31.0. The van der Waals surface area contributed by atoms with E-state index < -0.39 is 36.3 Å². The van der Waals surface area contributed by atoms with E-state index >= 15 is 0 Å². The van der Waals surface area contributed by atoms with E-state index in [0.29, 0.717) is 12.8 Å². The number of aliphatic imine (C=N–C) groups is 1. The van der Waals surface area contributed by atoms with Crippen molar-refractivity contribution in [3.63, 3.8) is 0 Å². The van der Waals surface area contributed by atoms with Crippen LogP contribution in [-0.2, 0) is 20.7 Å². The fourth-order valence-electron chi connectivity index (χ4n) is 5.11. The Hall–Kier alpha value is -3.94. The molecule has 42 heavy (non-hydrogen) atoms. The van der Waals surface area contributed by atoms with Crippen LogP contribution in [0, 0.1) is 5.41 Å². The fraction of sp³-hybridized carbons (Fsp3) is 0.517. The van der Waals surface area contributed by atoms with Gasteiger partial charge in [0.05, 0.1) is 24.1 Å². The van der Waals surface area contributed by atoms with Gasteiger partial charge in [-0.25, -0.2) is 4.79 Å². The molecule has 0 aliphatic carbocycles. The Labute approximate surface area is 242 Å². The molecule has 1 saturated heterocycles. The van der Waals surface area contributed by atoms with E-state index in [-0.39, 0.29) is 55.1 Å². The number of hydrogen-bond acceptors (Lipinski definition) is 9. The number of aliphatic hydroxyl groups is 2. The van der Waals surface area contributed by atoms with Gasteiger partial charge in [0.2, 0.25) is 11.8 Å². The summed E-state index contributed by atoms with van der Waals surface area (Å²) in [6.45, 7) is 2.26. The highest BCUT2D eigenvalue weighted by Gasteiger charge is 2.35. The van der Waals surface area contributed by atoms with Crippen LogP contribution < -0.4 is 21.9 Å². The van der Waals surface area contributed by atoms with Gasteiger partial charge in [-0.15, -0.1) is 0 Å². The molecule has 5 N–H and O–H groups in total. The molecule has 13 heteroatoms. The maximum Gasteiger partial charge on any atom is 0.330 e. The van der Waals surface area contributed by atoms with Crippen molar-refractivity contribution in [2.45, 2.75) is 70.3 Å². The van der Waals surface area contributed by atoms with Crippen molar-refractivity contribution < 1.29 is 24.5 Å². The molecule has 2 aliphatic heterocycles. The van der Waals surface area contributed by atoms with Crippen LogP contribution in [0.4, 0.5) is 0 Å². The first-order valence-electron chi connectivity index (χ1n) is 14.2. The van der Waals surface area contributed by atoms with Gasteiger partial charge in [-0.2, -0.15) is 0 Å². The number of aryl methyl sites for hydroxylation is 1. The highest BCUT2D eigenvalue weighted by Crippen LogP contribution is 2.34. The van der Waals surface area contributed by atoms with E-state index in [4.69, 9.17) is 4.74 Å². The third-order valence-electron chi connectivity index (χ3n) is 7.52. The molecule has 4 heterocycles. The molecular formula is C29H38N6O7. The molecule has 13 nitrogen and oxygen atoms in total. The van der Waals surface area contributed by atoms with Crippen LogP contribution in [0.5, 0.6) is 0 Å². The van der Waals surface area contributed by atoms with E-state index in [2.05, 4.69) is 38.6 Å². The lowest BCUT2D eigenvalue weighted by atomic mass is 9.78. The fourth-order valence-corrected chi connectivity index (χ4v) is 5.11. The first-order valence-corrected chi connectivity index (χ1v) is 14.2. The topological polar surface area (TPSA) is 188 Å². The van der Waals surface area contributed by atoms with Gasteiger partial charge in [-0.1, -0.05) is 19.1 Å². The number of amides is 2. The Kier molecular flexibility index (Phi) is 10.6. The first-order chi connectivity index (χ1) is 20.2. The summed E-state index contributed by atoms with van der Waals surface area (Å²) in [4.78, 5) is 60.2. The molecule has 1 unspecified atom stereocenters. The highest BCUT2D eigenvalue weighted by molar-refractivity contribution is 6.00. The number of nitrogens with one attached hydrogen (secondary N) is 3. The Morgan fingerprint density at radius 1 is 1.19 bits per heavy atom. The number of aromatic nitrogens is 3. The number of nitrogens with zero attached hydrogens (tertiary/aromatic N) is 3. The largest absolute Gasteiger partial charge is 0.394 e. The normalized spacial score (nSPS) is 23.4. The summed E-state index contributed by atoms with van der Waals surface area (Å²) in [5.41, 5.74) is 0.596. The van der Waals surface area contributed by atoms with Gasteiger partial charge < -0.3 is 25.6 Å². The van der Waals surface area contributed by atoms with Gasteiger partial charge in [0.15, 0.2) is 0 Å². The maximum atomic E-state index is 12.3. The summed E-state index contributed by atoms with van der Waals surface area (Å²) in [6.07, 6.45) is 7.17. The monoisotopic (exact) mass is 582 g/mol. The number of aliphatic hydroxyl groups excluding tert-OH is 2. The van der Waals surface area contributed by atoms with E-state index in [1.54, 1.807) is 6.20 Å². The second-order valence-corrected chi connectivity index (χ2v) is 10.9. The molecule has 2 aliphatic rings. The number of hydrogen-bond donors (Lipinski definition) is 5. The number of allylic oxidation sites excluding steroid dienone is 1. The van der Waals surface area contributed by atoms with Crippen LogP contribution in [0.1, 0.15) is 62.9 Å². The molecule has 0 aromatic carbocycles. The van der Waals surface area contributed by atoms with Crippen LogP contribution in [0.3, 0.4) is 0 Å². The molecule has 0 bridgehead atoms. The third kappa shape index (κ3) is 8.30. The Balaban J connectivity index is 1.13. The van der Waals surface area contributed by atoms with Crippen LogP contribution >= 0.6 is 0 Å². The minimum atomic E-state index is -0.938. The minimum absolute atomic E-state index is 0.00145. The SMILES string of the molecule is CC1(CCCC(=O)NCCNC(=O)CCc2cn([C@H]3C[C@H](O)[C@@H](CO)O3)c(=O)[nH]c2=O)C=CN=C(c2ccccn2)C1. The lowest BCUT2D eigenvalue weighted by Crippen LogP contribution is -2.36. The molecule has 226 valence electrons. The number of carbonyl (C=O) groups is 2. The zero-order valence-corrected chi connectivity index (χ0v) is 23.6. The summed E-state index contributed by atoms with van der Waals surface area (Å²) in [5, 5.41) is 24.7. The summed E-state index contributed by atoms with van der Waals surface area (Å²) in [5.74, 6) is -0.403. The molecule has 4 rings (SSSR count). The molecule has 2 aromatic heterocycles. The quantitative estimate of drug-likeness (QED) is 0.209. The molecule has 0 spiro atoms. The lowest BCUT2D eigenvalue weighted by Gasteiger charge is -2.28. The van der Waals surface area contributed by atoms with E-state index in [1.165, 1.54) is 6.20 Å². The minimum Gasteiger partial charge on any atom is -0.394 e. The maximum absolute atomic E-state index is 12.3. The summed E-state index contributed by atoms with van der Waals surface area (Å²) >= 11 is 0. The Bertz CT molecular complexity index is 1420. The van der Waals surface area contributed by atoms with Crippen LogP contribution in [0.25, 0.3) is 0 Å². The van der Waals surface area contributed by atoms with Crippen LogP contribution in [0.2, 0.25) is 0 Å². The third-order valence-corrected chi connectivity index (χ3v) is 7.52. The Morgan fingerprint density at radius 2 is 1.95 bits per heavy atom. The highest BCUT2D eigenvalue weighted by atomic mass is 16.5. The molecule has 2 aromatic rings. The van der Waals surface area contributed by atoms with Crippen LogP contribution in [-0.4, -0.2) is 74.2 Å². The van der Waals surface area contributed by atoms with Crippen molar-refractivity contribution in [3.05, 3.63) is 75.0 Å². The summed E-state index contributed by atoms with van der Waals surface area (Å²) in [7, 11) is 0. The van der Waals surface area contributed by atoms with Crippen molar-refractivity contribution in [3.8, 4) is 0 Å². The number of carbonyl (C=O) groups excluding carboxylic acids is 2. The summed E-state index contributed by atoms with van der Waals surface area (Å²) in [6, 6.07) is 5.75. The van der Waals surface area contributed by atoms with Gasteiger partial charge in [0.25, 0.3) is 5.56 Å². The average Bonchev–Trinajstić information content (AvgIpc) is 3.35. The average molecular weight is 583 g/mol. The number of ether oxygens (including phenoxy) is 1. The molecule has 1 fully saturated rings. The summed E-state index contributed by atoms with van der Waals surface area (Å²) < 4.78 is 6.65. The van der Waals surface area contributed by atoms with Gasteiger partial charge in [-0.05, 0) is 36.8 Å². The van der Waals surface area contributed by atoms with Gasteiger partial charge >= 0.3 is 5.69 Å². The van der Waals surface area contributed by atoms with Crippen molar-refractivity contribution in [2.24, 2.45) is 10.4 Å². The Morgan fingerprint density at radius 3 is 2.64 bits per heavy atom.